The number of rotatable bonds is 7. The molecule has 1 aromatic rings. The highest BCUT2D eigenvalue weighted by Gasteiger charge is 2.49. The summed E-state index contributed by atoms with van der Waals surface area (Å²) in [5.41, 5.74) is 2.41. The van der Waals surface area contributed by atoms with E-state index in [1.807, 2.05) is 4.90 Å². The Morgan fingerprint density at radius 2 is 1.94 bits per heavy atom. The molecule has 1 spiro atoms. The summed E-state index contributed by atoms with van der Waals surface area (Å²) >= 11 is 0. The number of likely N-dealkylation sites (N-methyl/N-ethyl adjacent to an activating group) is 1. The number of carbonyl (C=O) groups excluding carboxylic acids is 2. The summed E-state index contributed by atoms with van der Waals surface area (Å²) in [6.07, 6.45) is 7.33. The lowest BCUT2D eigenvalue weighted by atomic mass is 9.79. The molecule has 2 saturated heterocycles. The maximum absolute atomic E-state index is 12.5. The molecule has 32 heavy (non-hydrogen) atoms. The van der Waals surface area contributed by atoms with E-state index in [4.69, 9.17) is 9.97 Å². The fourth-order valence-corrected chi connectivity index (χ4v) is 5.30. The normalized spacial score (nSPS) is 20.0. The molecular weight excluding hydrogens is 404 g/mol. The minimum absolute atomic E-state index is 0.00927. The minimum atomic E-state index is -0.316. The first-order chi connectivity index (χ1) is 15.3. The predicted octanol–water partition coefficient (Wildman–Crippen LogP) is 2.15. The van der Waals surface area contributed by atoms with Crippen LogP contribution in [-0.2, 0) is 22.4 Å². The Hall–Kier alpha value is -2.64. The van der Waals surface area contributed by atoms with Crippen LogP contribution in [-0.4, -0.2) is 66.0 Å². The van der Waals surface area contributed by atoms with Crippen LogP contribution in [0.1, 0.15) is 50.8 Å². The van der Waals surface area contributed by atoms with Crippen LogP contribution in [0.4, 0.5) is 11.8 Å². The topological polar surface area (TPSA) is 90.5 Å². The summed E-state index contributed by atoms with van der Waals surface area (Å²) < 4.78 is 0. The number of aryl methyl sites for hydroxylation is 1. The van der Waals surface area contributed by atoms with Crippen LogP contribution in [0.5, 0.6) is 0 Å². The Balaban J connectivity index is 1.56. The van der Waals surface area contributed by atoms with Crippen LogP contribution in [0.3, 0.4) is 0 Å². The summed E-state index contributed by atoms with van der Waals surface area (Å²) in [6, 6.07) is -0.316. The van der Waals surface area contributed by atoms with Gasteiger partial charge in [-0.05, 0) is 50.5 Å². The van der Waals surface area contributed by atoms with Gasteiger partial charge in [0.05, 0.1) is 5.69 Å². The van der Waals surface area contributed by atoms with Gasteiger partial charge in [-0.15, -0.1) is 0 Å². The second-order valence-electron chi connectivity index (χ2n) is 10.0. The van der Waals surface area contributed by atoms with Crippen molar-refractivity contribution in [3.8, 4) is 0 Å². The Bertz CT molecular complexity index is 893. The Morgan fingerprint density at radius 3 is 2.62 bits per heavy atom. The van der Waals surface area contributed by atoms with Crippen molar-refractivity contribution in [1.29, 1.82) is 0 Å². The summed E-state index contributed by atoms with van der Waals surface area (Å²) in [7, 11) is 1.68. The average molecular weight is 441 g/mol. The summed E-state index contributed by atoms with van der Waals surface area (Å²) in [5.74, 6) is 1.96. The van der Waals surface area contributed by atoms with Crippen molar-refractivity contribution < 1.29 is 9.59 Å². The minimum Gasteiger partial charge on any atom is -0.358 e. The van der Waals surface area contributed by atoms with Crippen molar-refractivity contribution in [2.24, 2.45) is 11.3 Å². The van der Waals surface area contributed by atoms with Gasteiger partial charge in [-0.3, -0.25) is 9.59 Å². The molecule has 3 aliphatic rings. The Labute approximate surface area is 190 Å². The van der Waals surface area contributed by atoms with Gasteiger partial charge in [0, 0.05) is 44.2 Å². The zero-order valence-electron chi connectivity index (χ0n) is 19.6. The van der Waals surface area contributed by atoms with E-state index < -0.39 is 0 Å². The molecule has 1 aliphatic carbocycles. The van der Waals surface area contributed by atoms with Gasteiger partial charge in [-0.1, -0.05) is 20.4 Å². The van der Waals surface area contributed by atoms with E-state index >= 15 is 0 Å². The van der Waals surface area contributed by atoms with Gasteiger partial charge in [0.2, 0.25) is 17.8 Å². The zero-order valence-corrected chi connectivity index (χ0v) is 19.6. The molecule has 8 heteroatoms. The van der Waals surface area contributed by atoms with Crippen molar-refractivity contribution in [2.45, 2.75) is 58.4 Å². The van der Waals surface area contributed by atoms with Crippen LogP contribution >= 0.6 is 0 Å². The third kappa shape index (κ3) is 4.45. The number of nitrogens with zero attached hydrogens (tertiary/aromatic N) is 4. The van der Waals surface area contributed by atoms with E-state index in [1.54, 1.807) is 7.05 Å². The molecule has 0 saturated carbocycles. The highest BCUT2D eigenvalue weighted by atomic mass is 16.2. The van der Waals surface area contributed by atoms with Gasteiger partial charge in [0.25, 0.3) is 0 Å². The molecule has 1 atom stereocenters. The summed E-state index contributed by atoms with van der Waals surface area (Å²) in [5, 5.41) is 6.27. The second kappa shape index (κ2) is 9.08. The molecule has 2 N–H and O–H groups in total. The van der Waals surface area contributed by atoms with E-state index in [2.05, 4.69) is 36.0 Å². The van der Waals surface area contributed by atoms with Crippen molar-refractivity contribution >= 4 is 23.6 Å². The Kier molecular flexibility index (Phi) is 6.40. The molecular formula is C24H36N6O2. The van der Waals surface area contributed by atoms with Crippen molar-refractivity contribution in [3.63, 3.8) is 0 Å². The number of hydrogen-bond donors (Lipinski definition) is 2. The molecule has 2 aliphatic heterocycles. The van der Waals surface area contributed by atoms with Gasteiger partial charge < -0.3 is 20.4 Å². The first kappa shape index (κ1) is 22.6. The summed E-state index contributed by atoms with van der Waals surface area (Å²) in [6.45, 7) is 11.1. The quantitative estimate of drug-likeness (QED) is 0.632. The maximum atomic E-state index is 12.5. The highest BCUT2D eigenvalue weighted by molar-refractivity contribution is 5.87. The lowest BCUT2D eigenvalue weighted by Gasteiger charge is -2.47. The number of aromatic nitrogens is 2. The van der Waals surface area contributed by atoms with Gasteiger partial charge in [-0.25, -0.2) is 4.98 Å². The second-order valence-corrected chi connectivity index (χ2v) is 10.0. The fourth-order valence-electron chi connectivity index (χ4n) is 5.30. The molecule has 0 aromatic carbocycles. The van der Waals surface area contributed by atoms with Crippen molar-refractivity contribution in [2.75, 3.05) is 43.4 Å². The largest absolute Gasteiger partial charge is 0.358 e. The Morgan fingerprint density at radius 1 is 1.19 bits per heavy atom. The summed E-state index contributed by atoms with van der Waals surface area (Å²) in [4.78, 5) is 38.4. The van der Waals surface area contributed by atoms with Crippen molar-refractivity contribution in [1.82, 2.24) is 20.2 Å². The van der Waals surface area contributed by atoms with Gasteiger partial charge in [0.1, 0.15) is 11.9 Å². The first-order valence-electron chi connectivity index (χ1n) is 11.9. The molecule has 2 fully saturated rings. The van der Waals surface area contributed by atoms with E-state index in [0.717, 1.165) is 87.7 Å². The molecule has 3 heterocycles. The first-order valence-corrected chi connectivity index (χ1v) is 11.9. The molecule has 174 valence electrons. The molecule has 1 aromatic heterocycles. The number of anilines is 2. The number of carbonyl (C=O) groups is 2. The molecule has 8 nitrogen and oxygen atoms in total. The third-order valence-electron chi connectivity index (χ3n) is 7.01. The highest BCUT2D eigenvalue weighted by Crippen LogP contribution is 2.41. The van der Waals surface area contributed by atoms with Crippen LogP contribution in [0, 0.1) is 11.3 Å². The van der Waals surface area contributed by atoms with Crippen LogP contribution in [0.2, 0.25) is 0 Å². The fraction of sp³-hybridized carbons (Fsp3) is 0.667. The molecule has 2 amide bonds. The lowest BCUT2D eigenvalue weighted by molar-refractivity contribution is -0.136. The number of amides is 2. The maximum Gasteiger partial charge on any atom is 0.245 e. The van der Waals surface area contributed by atoms with E-state index in [0.29, 0.717) is 5.92 Å². The predicted molar refractivity (Wildman–Crippen MR) is 126 cm³/mol. The SMILES string of the molecule is C=CC(=O)N1CC2(CCN(c3nc4c(c(N[C@@H](CC(C)C)C(=O)NC)n3)CCCC4)C2)C1. The van der Waals surface area contributed by atoms with E-state index in [9.17, 15) is 9.59 Å². The van der Waals surface area contributed by atoms with E-state index in [1.165, 1.54) is 6.08 Å². The van der Waals surface area contributed by atoms with Crippen LogP contribution in [0.15, 0.2) is 12.7 Å². The number of nitrogens with one attached hydrogen (secondary N) is 2. The number of hydrogen-bond acceptors (Lipinski definition) is 6. The van der Waals surface area contributed by atoms with Crippen LogP contribution < -0.4 is 15.5 Å². The smallest absolute Gasteiger partial charge is 0.245 e. The van der Waals surface area contributed by atoms with Gasteiger partial charge in [0.15, 0.2) is 0 Å². The zero-order chi connectivity index (χ0) is 22.9. The molecule has 4 rings (SSSR count). The molecule has 0 radical (unpaired) electrons. The van der Waals surface area contributed by atoms with Crippen molar-refractivity contribution in [3.05, 3.63) is 23.9 Å². The van der Waals surface area contributed by atoms with Crippen LogP contribution in [0.25, 0.3) is 0 Å². The molecule has 0 unspecified atom stereocenters. The number of fused-ring (bicyclic) bond motifs is 1. The van der Waals surface area contributed by atoms with Gasteiger partial charge >= 0.3 is 0 Å². The third-order valence-corrected chi connectivity index (χ3v) is 7.01. The standard InChI is InChI=1S/C24H36N6O2/c1-5-20(31)30-14-24(15-30)10-11-29(13-24)23-27-18-9-7-6-8-17(18)21(28-23)26-19(12-16(2)3)22(32)25-4/h5,16,19H,1,6-15H2,2-4H3,(H,25,32)(H,26,27,28)/t19-/m0/s1. The molecule has 0 bridgehead atoms. The monoisotopic (exact) mass is 440 g/mol. The average Bonchev–Trinajstić information content (AvgIpc) is 3.22. The van der Waals surface area contributed by atoms with E-state index in [-0.39, 0.29) is 23.3 Å². The number of likely N-dealkylation sites (tertiary alicyclic amines) is 1. The van der Waals surface area contributed by atoms with Gasteiger partial charge in [-0.2, -0.15) is 4.98 Å². The lowest BCUT2D eigenvalue weighted by Crippen LogP contribution is -2.59.